The average Bonchev–Trinajstić information content (AvgIpc) is 3.31. The number of benzene rings is 2. The zero-order chi connectivity index (χ0) is 23.2. The smallest absolute Gasteiger partial charge is 0.249 e. The number of carbonyl (C=O) groups is 2. The molecule has 2 amide bonds. The number of hydrogen-bond donors (Lipinski definition) is 3. The van der Waals surface area contributed by atoms with E-state index in [0.29, 0.717) is 11.3 Å². The molecular weight excluding hydrogens is 421 g/mol. The second kappa shape index (κ2) is 10.5. The molecule has 2 aromatic carbocycles. The van der Waals surface area contributed by atoms with E-state index in [2.05, 4.69) is 16.3 Å². The summed E-state index contributed by atoms with van der Waals surface area (Å²) in [6.07, 6.45) is 8.52. The first-order chi connectivity index (χ1) is 16.0. The molecule has 0 radical (unpaired) electrons. The van der Waals surface area contributed by atoms with Gasteiger partial charge in [0.1, 0.15) is 18.4 Å². The molecule has 0 bridgehead atoms. The molecule has 174 valence electrons. The first kappa shape index (κ1) is 22.8. The molecule has 4 rings (SSSR count). The molecule has 0 spiro atoms. The van der Waals surface area contributed by atoms with Crippen molar-refractivity contribution in [3.63, 3.8) is 0 Å². The van der Waals surface area contributed by atoms with Crippen molar-refractivity contribution in [3.8, 4) is 0 Å². The van der Waals surface area contributed by atoms with E-state index in [1.165, 1.54) is 23.5 Å². The highest BCUT2D eigenvalue weighted by atomic mass is 19.1. The summed E-state index contributed by atoms with van der Waals surface area (Å²) in [5.74, 6) is -1.06. The summed E-state index contributed by atoms with van der Waals surface area (Å²) >= 11 is 0. The number of halogens is 1. The van der Waals surface area contributed by atoms with Crippen LogP contribution in [0.1, 0.15) is 49.3 Å². The largest absolute Gasteiger partial charge is 0.351 e. The fourth-order valence-corrected chi connectivity index (χ4v) is 4.48. The third-order valence-electron chi connectivity index (χ3n) is 6.15. The van der Waals surface area contributed by atoms with E-state index in [9.17, 15) is 14.0 Å². The molecule has 1 aliphatic carbocycles. The van der Waals surface area contributed by atoms with E-state index >= 15 is 0 Å². The van der Waals surface area contributed by atoms with Gasteiger partial charge in [-0.1, -0.05) is 49.6 Å². The molecule has 0 saturated heterocycles. The number of anilines is 1. The van der Waals surface area contributed by atoms with Crippen molar-refractivity contribution in [1.82, 2.24) is 21.3 Å². The molecule has 33 heavy (non-hydrogen) atoms. The lowest BCUT2D eigenvalue weighted by Gasteiger charge is -2.35. The van der Waals surface area contributed by atoms with Crippen molar-refractivity contribution in [2.75, 3.05) is 11.4 Å². The topological polar surface area (TPSA) is 76.7 Å². The predicted molar refractivity (Wildman–Crippen MR) is 125 cm³/mol. The van der Waals surface area contributed by atoms with E-state index in [1.54, 1.807) is 29.5 Å². The summed E-state index contributed by atoms with van der Waals surface area (Å²) in [6, 6.07) is 12.5. The van der Waals surface area contributed by atoms with Crippen molar-refractivity contribution >= 4 is 17.5 Å². The van der Waals surface area contributed by atoms with E-state index < -0.39 is 11.9 Å². The second-order valence-electron chi connectivity index (χ2n) is 8.55. The fourth-order valence-electron chi connectivity index (χ4n) is 4.48. The molecule has 0 aromatic heterocycles. The number of carbonyl (C=O) groups excluding carboxylic acids is 2. The number of aryl methyl sites for hydroxylation is 1. The van der Waals surface area contributed by atoms with Crippen LogP contribution in [-0.2, 0) is 9.59 Å². The van der Waals surface area contributed by atoms with Crippen LogP contribution in [0, 0.1) is 12.7 Å². The molecule has 1 aliphatic heterocycles. The SMILES string of the molecule is Cc1ccccc1C(C(=O)NC1CCCCC1)N(C(=O)CN1C=CNN1)c1cccc(F)c1. The van der Waals surface area contributed by atoms with Crippen LogP contribution in [-0.4, -0.2) is 29.4 Å². The summed E-state index contributed by atoms with van der Waals surface area (Å²) in [5.41, 5.74) is 7.57. The normalized spacial score (nSPS) is 16.8. The van der Waals surface area contributed by atoms with Crippen molar-refractivity contribution in [2.45, 2.75) is 51.1 Å². The third-order valence-corrected chi connectivity index (χ3v) is 6.15. The molecule has 1 fully saturated rings. The van der Waals surface area contributed by atoms with Crippen LogP contribution in [0.15, 0.2) is 60.9 Å². The molecule has 1 atom stereocenters. The maximum absolute atomic E-state index is 14.2. The Morgan fingerprint density at radius 1 is 1.15 bits per heavy atom. The van der Waals surface area contributed by atoms with Gasteiger partial charge in [-0.2, -0.15) is 0 Å². The first-order valence-corrected chi connectivity index (χ1v) is 11.4. The minimum absolute atomic E-state index is 0.0426. The van der Waals surface area contributed by atoms with E-state index in [0.717, 1.165) is 31.2 Å². The highest BCUT2D eigenvalue weighted by molar-refractivity contribution is 6.02. The lowest BCUT2D eigenvalue weighted by Crippen LogP contribution is -2.50. The van der Waals surface area contributed by atoms with Gasteiger partial charge in [0.05, 0.1) is 0 Å². The Balaban J connectivity index is 1.74. The molecule has 7 nitrogen and oxygen atoms in total. The van der Waals surface area contributed by atoms with Crippen molar-refractivity contribution < 1.29 is 14.0 Å². The number of amides is 2. The fraction of sp³-hybridized carbons (Fsp3) is 0.360. The zero-order valence-electron chi connectivity index (χ0n) is 18.8. The van der Waals surface area contributed by atoms with Crippen LogP contribution in [0.2, 0.25) is 0 Å². The molecule has 1 saturated carbocycles. The standard InChI is InChI=1S/C25H30FN5O2/c1-18-8-5-6-13-22(18)24(25(33)28-20-10-3-2-4-11-20)31(21-12-7-9-19(26)16-21)23(32)17-30-15-14-27-29-30/h5-9,12-16,20,24,27,29H,2-4,10-11,17H2,1H3,(H,28,33). The molecule has 2 aliphatic rings. The van der Waals surface area contributed by atoms with Gasteiger partial charge in [0, 0.05) is 24.1 Å². The van der Waals surface area contributed by atoms with Gasteiger partial charge in [-0.15, -0.1) is 5.53 Å². The lowest BCUT2D eigenvalue weighted by atomic mass is 9.93. The molecule has 3 N–H and O–H groups in total. The Morgan fingerprint density at radius 3 is 2.64 bits per heavy atom. The molecular formula is C25H30FN5O2. The minimum atomic E-state index is -0.929. The summed E-state index contributed by atoms with van der Waals surface area (Å²) < 4.78 is 14.2. The Bertz CT molecular complexity index is 1020. The van der Waals surface area contributed by atoms with Crippen LogP contribution in [0.3, 0.4) is 0 Å². The van der Waals surface area contributed by atoms with Crippen LogP contribution in [0.4, 0.5) is 10.1 Å². The summed E-state index contributed by atoms with van der Waals surface area (Å²) in [4.78, 5) is 28.8. The maximum Gasteiger partial charge on any atom is 0.249 e. The van der Waals surface area contributed by atoms with Gasteiger partial charge >= 0.3 is 0 Å². The number of nitrogens with one attached hydrogen (secondary N) is 3. The number of rotatable bonds is 7. The van der Waals surface area contributed by atoms with Gasteiger partial charge in [0.15, 0.2) is 0 Å². The first-order valence-electron chi connectivity index (χ1n) is 11.4. The monoisotopic (exact) mass is 451 g/mol. The Hall–Kier alpha value is -3.39. The van der Waals surface area contributed by atoms with Gasteiger partial charge < -0.3 is 10.7 Å². The van der Waals surface area contributed by atoms with E-state index in [1.807, 2.05) is 31.2 Å². The Morgan fingerprint density at radius 2 is 1.94 bits per heavy atom. The van der Waals surface area contributed by atoms with Gasteiger partial charge in [0.2, 0.25) is 11.8 Å². The van der Waals surface area contributed by atoms with E-state index in [-0.39, 0.29) is 24.4 Å². The zero-order valence-corrected chi connectivity index (χ0v) is 18.8. The van der Waals surface area contributed by atoms with Crippen molar-refractivity contribution in [2.24, 2.45) is 0 Å². The number of nitrogens with zero attached hydrogens (tertiary/aromatic N) is 2. The van der Waals surface area contributed by atoms with Crippen LogP contribution in [0.25, 0.3) is 0 Å². The van der Waals surface area contributed by atoms with Gasteiger partial charge in [-0.3, -0.25) is 19.5 Å². The highest BCUT2D eigenvalue weighted by Gasteiger charge is 2.35. The predicted octanol–water partition coefficient (Wildman–Crippen LogP) is 3.45. The lowest BCUT2D eigenvalue weighted by molar-refractivity contribution is -0.127. The Kier molecular flexibility index (Phi) is 7.24. The quantitative estimate of drug-likeness (QED) is 0.601. The Labute approximate surface area is 193 Å². The van der Waals surface area contributed by atoms with Crippen molar-refractivity contribution in [3.05, 3.63) is 77.9 Å². The molecule has 8 heteroatoms. The summed E-state index contributed by atoms with van der Waals surface area (Å²) in [5, 5.41) is 4.75. The van der Waals surface area contributed by atoms with E-state index in [4.69, 9.17) is 0 Å². The maximum atomic E-state index is 14.2. The van der Waals surface area contributed by atoms with Crippen LogP contribution in [0.5, 0.6) is 0 Å². The summed E-state index contributed by atoms with van der Waals surface area (Å²) in [7, 11) is 0. The summed E-state index contributed by atoms with van der Waals surface area (Å²) in [6.45, 7) is 1.87. The second-order valence-corrected chi connectivity index (χ2v) is 8.55. The van der Waals surface area contributed by atoms with Crippen LogP contribution < -0.4 is 21.2 Å². The molecule has 1 unspecified atom stereocenters. The number of hydrazine groups is 2. The molecule has 1 heterocycles. The van der Waals surface area contributed by atoms with Gasteiger partial charge in [0.25, 0.3) is 0 Å². The minimum Gasteiger partial charge on any atom is -0.351 e. The number of hydrogen-bond acceptors (Lipinski definition) is 5. The third kappa shape index (κ3) is 5.51. The van der Waals surface area contributed by atoms with Crippen LogP contribution >= 0.6 is 0 Å². The van der Waals surface area contributed by atoms with Gasteiger partial charge in [-0.25, -0.2) is 4.39 Å². The van der Waals surface area contributed by atoms with Gasteiger partial charge in [-0.05, 0) is 49.1 Å². The molecule has 2 aromatic rings. The average molecular weight is 452 g/mol. The highest BCUT2D eigenvalue weighted by Crippen LogP contribution is 2.31. The van der Waals surface area contributed by atoms with Crippen molar-refractivity contribution in [1.29, 1.82) is 0 Å².